The third-order valence-electron chi connectivity index (χ3n) is 7.33. The fourth-order valence-corrected chi connectivity index (χ4v) is 5.42. The van der Waals surface area contributed by atoms with Gasteiger partial charge in [-0.15, -0.1) is 0 Å². The van der Waals surface area contributed by atoms with Gasteiger partial charge in [0.2, 0.25) is 0 Å². The van der Waals surface area contributed by atoms with Crippen molar-refractivity contribution in [3.8, 4) is 22.6 Å². The molecule has 1 amide bonds. The van der Waals surface area contributed by atoms with Gasteiger partial charge in [-0.2, -0.15) is 13.2 Å². The third-order valence-corrected chi connectivity index (χ3v) is 7.64. The highest BCUT2D eigenvalue weighted by atomic mass is 35.5. The molecule has 1 saturated heterocycles. The molecule has 1 aromatic heterocycles. The van der Waals surface area contributed by atoms with Gasteiger partial charge in [-0.05, 0) is 50.1 Å². The van der Waals surface area contributed by atoms with E-state index in [1.165, 1.54) is 37.4 Å². The lowest BCUT2D eigenvalue weighted by atomic mass is 9.98. The van der Waals surface area contributed by atoms with Crippen LogP contribution in [0.4, 0.5) is 18.9 Å². The highest BCUT2D eigenvalue weighted by Gasteiger charge is 2.33. The first kappa shape index (κ1) is 32.7. The summed E-state index contributed by atoms with van der Waals surface area (Å²) >= 11 is 6.66. The number of methoxy groups -OCH3 is 1. The Kier molecular flexibility index (Phi) is 10.5. The van der Waals surface area contributed by atoms with Crippen molar-refractivity contribution in [1.82, 2.24) is 9.88 Å². The standard InChI is InChI=1S/C31H32ClF3N4O5/c1-36-17-19-14-28(31(33,34)35)37-18-22(19)20-15-21(29(40)38(2)24-8-4-5-10-26(24)43-3)27(16-23(20)32)44-13-7-12-39-11-6-9-25(39)30(41)42/h4-5,8,10,14-18,25H,6-7,9,11-13H2,1-3H3,(H,41,42)/b36-17+/t25-/m0/s1. The number of carboxylic acid groups (broad SMARTS) is 1. The molecule has 0 bridgehead atoms. The number of carbonyl (C=O) groups is 2. The van der Waals surface area contributed by atoms with E-state index in [4.69, 9.17) is 21.1 Å². The SMILES string of the molecule is C/N=C/c1cc(C(F)(F)F)ncc1-c1cc(C(=O)N(C)c2ccccc2OC)c(OCCCN2CCC[C@H]2C(=O)O)cc1Cl. The summed E-state index contributed by atoms with van der Waals surface area (Å²) in [5.41, 5.74) is 0.0899. The second-order valence-electron chi connectivity index (χ2n) is 10.1. The number of anilines is 1. The number of likely N-dealkylation sites (tertiary alicyclic amines) is 1. The summed E-state index contributed by atoms with van der Waals surface area (Å²) in [6.45, 7) is 1.33. The predicted molar refractivity (Wildman–Crippen MR) is 161 cm³/mol. The molecule has 0 spiro atoms. The van der Waals surface area contributed by atoms with Crippen LogP contribution in [-0.4, -0.2) is 80.0 Å². The minimum atomic E-state index is -4.67. The summed E-state index contributed by atoms with van der Waals surface area (Å²) in [6, 6.07) is 10.2. The maximum atomic E-state index is 14.0. The zero-order valence-corrected chi connectivity index (χ0v) is 25.2. The molecule has 0 unspecified atom stereocenters. The predicted octanol–water partition coefficient (Wildman–Crippen LogP) is 6.07. The Labute approximate surface area is 257 Å². The first-order valence-electron chi connectivity index (χ1n) is 13.8. The number of aromatic nitrogens is 1. The molecule has 1 atom stereocenters. The van der Waals surface area contributed by atoms with Crippen molar-refractivity contribution in [2.45, 2.75) is 31.5 Å². The second-order valence-corrected chi connectivity index (χ2v) is 10.5. The second kappa shape index (κ2) is 14.1. The molecule has 0 radical (unpaired) electrons. The number of aliphatic imine (C=N–C) groups is 1. The maximum Gasteiger partial charge on any atom is 0.433 e. The van der Waals surface area contributed by atoms with E-state index in [9.17, 15) is 27.9 Å². The number of ether oxygens (including phenoxy) is 2. The molecule has 0 aliphatic carbocycles. The third kappa shape index (κ3) is 7.31. The van der Waals surface area contributed by atoms with E-state index in [2.05, 4.69) is 9.98 Å². The molecule has 4 rings (SSSR count). The summed E-state index contributed by atoms with van der Waals surface area (Å²) < 4.78 is 51.7. The minimum absolute atomic E-state index is 0.0988. The first-order valence-corrected chi connectivity index (χ1v) is 14.2. The van der Waals surface area contributed by atoms with Crippen LogP contribution in [0.3, 0.4) is 0 Å². The van der Waals surface area contributed by atoms with Gasteiger partial charge in [-0.1, -0.05) is 23.7 Å². The van der Waals surface area contributed by atoms with Gasteiger partial charge in [0.15, 0.2) is 0 Å². The maximum absolute atomic E-state index is 14.0. The van der Waals surface area contributed by atoms with Crippen LogP contribution in [0.2, 0.25) is 5.02 Å². The summed E-state index contributed by atoms with van der Waals surface area (Å²) in [6.07, 6.45) is -0.489. The van der Waals surface area contributed by atoms with Crippen LogP contribution in [0.15, 0.2) is 53.7 Å². The highest BCUT2D eigenvalue weighted by molar-refractivity contribution is 6.34. The van der Waals surface area contributed by atoms with Crippen molar-refractivity contribution in [2.24, 2.45) is 4.99 Å². The van der Waals surface area contributed by atoms with E-state index in [0.29, 0.717) is 37.4 Å². The molecule has 2 aromatic carbocycles. The molecule has 9 nitrogen and oxygen atoms in total. The van der Waals surface area contributed by atoms with Crippen molar-refractivity contribution >= 4 is 35.4 Å². The normalized spacial score (nSPS) is 15.5. The topological polar surface area (TPSA) is 105 Å². The molecule has 1 fully saturated rings. The van der Waals surface area contributed by atoms with Crippen molar-refractivity contribution < 1.29 is 37.3 Å². The average Bonchev–Trinajstić information content (AvgIpc) is 3.47. The Bertz CT molecular complexity index is 1550. The Morgan fingerprint density at radius 1 is 1.20 bits per heavy atom. The summed E-state index contributed by atoms with van der Waals surface area (Å²) in [7, 11) is 4.47. The summed E-state index contributed by atoms with van der Waals surface area (Å²) in [5.74, 6) is -0.735. The highest BCUT2D eigenvalue weighted by Crippen LogP contribution is 2.39. The monoisotopic (exact) mass is 632 g/mol. The Morgan fingerprint density at radius 2 is 1.95 bits per heavy atom. The van der Waals surface area contributed by atoms with Gasteiger partial charge in [0.05, 0.1) is 30.0 Å². The molecule has 234 valence electrons. The molecule has 0 saturated carbocycles. The lowest BCUT2D eigenvalue weighted by molar-refractivity contribution is -0.142. The Hall–Kier alpha value is -4.16. The zero-order chi connectivity index (χ0) is 32.0. The molecule has 13 heteroatoms. The molecule has 1 aliphatic heterocycles. The van der Waals surface area contributed by atoms with Crippen LogP contribution in [0.5, 0.6) is 11.5 Å². The van der Waals surface area contributed by atoms with E-state index in [1.807, 2.05) is 4.90 Å². The van der Waals surface area contributed by atoms with E-state index >= 15 is 0 Å². The van der Waals surface area contributed by atoms with Crippen molar-refractivity contribution in [3.63, 3.8) is 0 Å². The number of para-hydroxylation sites is 2. The van der Waals surface area contributed by atoms with Gasteiger partial charge in [0.25, 0.3) is 5.91 Å². The van der Waals surface area contributed by atoms with Crippen LogP contribution in [0, 0.1) is 0 Å². The average molecular weight is 633 g/mol. The van der Waals surface area contributed by atoms with Crippen molar-refractivity contribution in [3.05, 3.63) is 70.5 Å². The molecule has 1 aliphatic rings. The molecule has 1 N–H and O–H groups in total. The van der Waals surface area contributed by atoms with Gasteiger partial charge in [-0.3, -0.25) is 24.5 Å². The lowest BCUT2D eigenvalue weighted by Crippen LogP contribution is -2.37. The van der Waals surface area contributed by atoms with Crippen LogP contribution < -0.4 is 14.4 Å². The number of carboxylic acids is 1. The number of pyridine rings is 1. The Morgan fingerprint density at radius 3 is 2.64 bits per heavy atom. The number of amides is 1. The van der Waals surface area contributed by atoms with Crippen molar-refractivity contribution in [2.75, 3.05) is 45.8 Å². The van der Waals surface area contributed by atoms with Crippen molar-refractivity contribution in [1.29, 1.82) is 0 Å². The summed E-state index contributed by atoms with van der Waals surface area (Å²) in [4.78, 5) is 36.2. The van der Waals surface area contributed by atoms with Crippen LogP contribution in [-0.2, 0) is 11.0 Å². The number of hydrogen-bond donors (Lipinski definition) is 1. The number of rotatable bonds is 11. The smallest absolute Gasteiger partial charge is 0.433 e. The van der Waals surface area contributed by atoms with Crippen LogP contribution >= 0.6 is 11.6 Å². The molecular weight excluding hydrogens is 601 g/mol. The van der Waals surface area contributed by atoms with Gasteiger partial charge in [-0.25, -0.2) is 0 Å². The fraction of sp³-hybridized carbons (Fsp3) is 0.355. The zero-order valence-electron chi connectivity index (χ0n) is 24.4. The van der Waals surface area contributed by atoms with Crippen LogP contribution in [0.25, 0.3) is 11.1 Å². The lowest BCUT2D eigenvalue weighted by Gasteiger charge is -2.23. The quantitative estimate of drug-likeness (QED) is 0.202. The first-order chi connectivity index (χ1) is 21.0. The van der Waals surface area contributed by atoms with Crippen LogP contribution in [0.1, 0.15) is 40.9 Å². The number of carbonyl (C=O) groups excluding carboxylic acids is 1. The number of hydrogen-bond acceptors (Lipinski definition) is 7. The van der Waals surface area contributed by atoms with E-state index in [0.717, 1.165) is 18.7 Å². The van der Waals surface area contributed by atoms with Gasteiger partial charge < -0.3 is 19.5 Å². The van der Waals surface area contributed by atoms with Gasteiger partial charge in [0, 0.05) is 55.8 Å². The number of aliphatic carboxylic acids is 1. The van der Waals surface area contributed by atoms with Gasteiger partial charge in [0.1, 0.15) is 23.2 Å². The number of alkyl halides is 3. The number of nitrogens with zero attached hydrogens (tertiary/aromatic N) is 4. The molecule has 3 aromatic rings. The van der Waals surface area contributed by atoms with Gasteiger partial charge >= 0.3 is 12.1 Å². The summed E-state index contributed by atoms with van der Waals surface area (Å²) in [5, 5.41) is 9.57. The van der Waals surface area contributed by atoms with E-state index in [1.54, 1.807) is 31.3 Å². The van der Waals surface area contributed by atoms with E-state index < -0.39 is 29.8 Å². The number of halogens is 4. The molecule has 44 heavy (non-hydrogen) atoms. The van der Waals surface area contributed by atoms with E-state index in [-0.39, 0.29) is 39.6 Å². The largest absolute Gasteiger partial charge is 0.495 e. The fourth-order valence-electron chi connectivity index (χ4n) is 5.17. The minimum Gasteiger partial charge on any atom is -0.495 e. The number of benzene rings is 2. The Balaban J connectivity index is 1.72. The molecule has 2 heterocycles. The molecular formula is C31H32ClF3N4O5.